The molecule has 0 aromatic heterocycles. The van der Waals surface area contributed by atoms with Crippen molar-refractivity contribution in [2.24, 2.45) is 5.92 Å². The Balaban J connectivity index is 3.08. The Hall–Kier alpha value is -1.10. The van der Waals surface area contributed by atoms with E-state index in [1.807, 2.05) is 34.6 Å². The van der Waals surface area contributed by atoms with Crippen molar-refractivity contribution >= 4 is 11.8 Å². The molecule has 0 saturated carbocycles. The highest BCUT2D eigenvalue weighted by atomic mass is 16.5. The van der Waals surface area contributed by atoms with Gasteiger partial charge in [0.05, 0.1) is 0 Å². The molecule has 3 atom stereocenters. The number of piperazine rings is 1. The molecule has 1 fully saturated rings. The summed E-state index contributed by atoms with van der Waals surface area (Å²) in [6, 6.07) is -0.438. The number of amides is 2. The van der Waals surface area contributed by atoms with E-state index in [9.17, 15) is 9.59 Å². The van der Waals surface area contributed by atoms with Gasteiger partial charge in [0.1, 0.15) is 11.6 Å². The van der Waals surface area contributed by atoms with Gasteiger partial charge in [-0.1, -0.05) is 20.8 Å². The van der Waals surface area contributed by atoms with Gasteiger partial charge in [0, 0.05) is 19.8 Å². The molecule has 0 aromatic rings. The summed E-state index contributed by atoms with van der Waals surface area (Å²) in [7, 11) is 1.65. The first kappa shape index (κ1) is 17.0. The van der Waals surface area contributed by atoms with Gasteiger partial charge in [-0.2, -0.15) is 0 Å². The normalized spacial score (nSPS) is 28.8. The molecule has 0 aliphatic carbocycles. The molecule has 1 rings (SSSR count). The van der Waals surface area contributed by atoms with Crippen molar-refractivity contribution in [1.82, 2.24) is 10.2 Å². The number of nitrogens with one attached hydrogen (secondary N) is 1. The number of hydrogen-bond donors (Lipinski definition) is 1. The number of rotatable bonds is 6. The van der Waals surface area contributed by atoms with Gasteiger partial charge in [0.2, 0.25) is 11.8 Å². The number of ether oxygens (including phenoxy) is 1. The number of carbonyl (C=O) groups is 2. The summed E-state index contributed by atoms with van der Waals surface area (Å²) in [4.78, 5) is 27.0. The molecule has 20 heavy (non-hydrogen) atoms. The van der Waals surface area contributed by atoms with E-state index in [1.54, 1.807) is 12.0 Å². The molecular weight excluding hydrogens is 256 g/mol. The van der Waals surface area contributed by atoms with Crippen molar-refractivity contribution in [3.05, 3.63) is 0 Å². The van der Waals surface area contributed by atoms with Gasteiger partial charge in [-0.05, 0) is 32.6 Å². The van der Waals surface area contributed by atoms with E-state index in [1.165, 1.54) is 0 Å². The van der Waals surface area contributed by atoms with Crippen LogP contribution in [-0.4, -0.2) is 48.1 Å². The Kier molecular flexibility index (Phi) is 5.57. The van der Waals surface area contributed by atoms with Gasteiger partial charge in [0.15, 0.2) is 0 Å². The van der Waals surface area contributed by atoms with Crippen molar-refractivity contribution in [2.45, 2.75) is 65.1 Å². The van der Waals surface area contributed by atoms with Crippen LogP contribution in [0.25, 0.3) is 0 Å². The fourth-order valence-corrected chi connectivity index (χ4v) is 2.76. The van der Waals surface area contributed by atoms with Crippen molar-refractivity contribution in [3.8, 4) is 0 Å². The van der Waals surface area contributed by atoms with Crippen LogP contribution < -0.4 is 5.32 Å². The average molecular weight is 284 g/mol. The van der Waals surface area contributed by atoms with Gasteiger partial charge < -0.3 is 15.0 Å². The van der Waals surface area contributed by atoms with Gasteiger partial charge in [0.25, 0.3) is 0 Å². The lowest BCUT2D eigenvalue weighted by Crippen LogP contribution is -2.72. The maximum Gasteiger partial charge on any atom is 0.246 e. The summed E-state index contributed by atoms with van der Waals surface area (Å²) >= 11 is 0. The second-order valence-electron chi connectivity index (χ2n) is 6.16. The van der Waals surface area contributed by atoms with Crippen LogP contribution in [0.4, 0.5) is 0 Å². The molecule has 0 spiro atoms. The molecule has 116 valence electrons. The molecular formula is C15H28N2O3. The standard InChI is InChI=1S/C15H28N2O3/c1-7-15(5)14(19)16-12(10(2)3)13(18)17(15)11(4)8-9-20-6/h10-12H,7-9H2,1-6H3,(H,16,19). The molecule has 5 heteroatoms. The Morgan fingerprint density at radius 1 is 1.35 bits per heavy atom. The van der Waals surface area contributed by atoms with E-state index in [0.29, 0.717) is 13.0 Å². The third-order valence-corrected chi connectivity index (χ3v) is 4.35. The summed E-state index contributed by atoms with van der Waals surface area (Å²) in [6.45, 7) is 10.3. The summed E-state index contributed by atoms with van der Waals surface area (Å²) in [5.74, 6) is 0.0556. The van der Waals surface area contributed by atoms with Crippen LogP contribution in [0.1, 0.15) is 47.5 Å². The summed E-state index contributed by atoms with van der Waals surface area (Å²) in [6.07, 6.45) is 1.34. The highest BCUT2D eigenvalue weighted by Gasteiger charge is 2.50. The lowest BCUT2D eigenvalue weighted by molar-refractivity contribution is -0.161. The van der Waals surface area contributed by atoms with E-state index >= 15 is 0 Å². The second-order valence-corrected chi connectivity index (χ2v) is 6.16. The third-order valence-electron chi connectivity index (χ3n) is 4.35. The monoisotopic (exact) mass is 284 g/mol. The minimum Gasteiger partial charge on any atom is -0.385 e. The predicted molar refractivity (Wildman–Crippen MR) is 78.3 cm³/mol. The highest BCUT2D eigenvalue weighted by molar-refractivity contribution is 5.99. The first-order chi connectivity index (χ1) is 9.29. The molecule has 1 saturated heterocycles. The molecule has 3 unspecified atom stereocenters. The van der Waals surface area contributed by atoms with Crippen LogP contribution in [0.3, 0.4) is 0 Å². The number of methoxy groups -OCH3 is 1. The maximum absolute atomic E-state index is 12.8. The van der Waals surface area contributed by atoms with E-state index in [2.05, 4.69) is 5.32 Å². The van der Waals surface area contributed by atoms with Gasteiger partial charge >= 0.3 is 0 Å². The molecule has 0 aromatic carbocycles. The Morgan fingerprint density at radius 2 is 1.95 bits per heavy atom. The average Bonchev–Trinajstić information content (AvgIpc) is 2.40. The minimum absolute atomic E-state index is 0.0142. The minimum atomic E-state index is -0.768. The zero-order chi connectivity index (χ0) is 15.5. The summed E-state index contributed by atoms with van der Waals surface area (Å²) in [5, 5.41) is 2.89. The van der Waals surface area contributed by atoms with Crippen LogP contribution >= 0.6 is 0 Å². The molecule has 0 bridgehead atoms. The van der Waals surface area contributed by atoms with E-state index < -0.39 is 11.6 Å². The van der Waals surface area contributed by atoms with Crippen molar-refractivity contribution in [1.29, 1.82) is 0 Å². The van der Waals surface area contributed by atoms with Crippen LogP contribution in [0, 0.1) is 5.92 Å². The van der Waals surface area contributed by atoms with Gasteiger partial charge in [-0.15, -0.1) is 0 Å². The number of hydrogen-bond acceptors (Lipinski definition) is 3. The predicted octanol–water partition coefficient (Wildman–Crippen LogP) is 1.56. The third kappa shape index (κ3) is 2.97. The largest absolute Gasteiger partial charge is 0.385 e. The SMILES string of the molecule is CCC1(C)C(=O)NC(C(C)C)C(=O)N1C(C)CCOC. The van der Waals surface area contributed by atoms with E-state index in [4.69, 9.17) is 4.74 Å². The molecule has 1 aliphatic rings. The number of carbonyl (C=O) groups excluding carboxylic acids is 2. The zero-order valence-corrected chi connectivity index (χ0v) is 13.5. The second kappa shape index (κ2) is 6.57. The lowest BCUT2D eigenvalue weighted by atomic mass is 9.86. The molecule has 0 radical (unpaired) electrons. The summed E-state index contributed by atoms with van der Waals surface area (Å²) < 4.78 is 5.10. The molecule has 1 aliphatic heterocycles. The topological polar surface area (TPSA) is 58.6 Å². The Morgan fingerprint density at radius 3 is 2.40 bits per heavy atom. The molecule has 1 N–H and O–H groups in total. The van der Waals surface area contributed by atoms with Gasteiger partial charge in [-0.3, -0.25) is 9.59 Å². The fourth-order valence-electron chi connectivity index (χ4n) is 2.76. The highest BCUT2D eigenvalue weighted by Crippen LogP contribution is 2.30. The van der Waals surface area contributed by atoms with Gasteiger partial charge in [-0.25, -0.2) is 0 Å². The zero-order valence-electron chi connectivity index (χ0n) is 13.5. The first-order valence-corrected chi connectivity index (χ1v) is 7.42. The lowest BCUT2D eigenvalue weighted by Gasteiger charge is -2.49. The van der Waals surface area contributed by atoms with E-state index in [0.717, 1.165) is 6.42 Å². The van der Waals surface area contributed by atoms with Crippen LogP contribution in [-0.2, 0) is 14.3 Å². The Bertz CT molecular complexity index is 370. The van der Waals surface area contributed by atoms with Crippen LogP contribution in [0.5, 0.6) is 0 Å². The molecule has 2 amide bonds. The first-order valence-electron chi connectivity index (χ1n) is 7.42. The van der Waals surface area contributed by atoms with Crippen LogP contribution in [0.15, 0.2) is 0 Å². The fraction of sp³-hybridized carbons (Fsp3) is 0.867. The maximum atomic E-state index is 12.8. The molecule has 5 nitrogen and oxygen atoms in total. The quantitative estimate of drug-likeness (QED) is 0.805. The summed E-state index contributed by atoms with van der Waals surface area (Å²) in [5.41, 5.74) is -0.768. The Labute approximate surface area is 122 Å². The van der Waals surface area contributed by atoms with Crippen LogP contribution in [0.2, 0.25) is 0 Å². The van der Waals surface area contributed by atoms with E-state index in [-0.39, 0.29) is 23.8 Å². The van der Waals surface area contributed by atoms with Crippen molar-refractivity contribution in [2.75, 3.05) is 13.7 Å². The molecule has 1 heterocycles. The smallest absolute Gasteiger partial charge is 0.246 e. The van der Waals surface area contributed by atoms with Crippen molar-refractivity contribution in [3.63, 3.8) is 0 Å². The number of nitrogens with zero attached hydrogens (tertiary/aromatic N) is 1. The van der Waals surface area contributed by atoms with Crippen molar-refractivity contribution < 1.29 is 14.3 Å².